The first kappa shape index (κ1) is 15.0. The molecule has 4 nitrogen and oxygen atoms in total. The zero-order chi connectivity index (χ0) is 13.1. The molecular formula is C14H26N2O2+2. The molecule has 1 aromatic carbocycles. The Hall–Kier alpha value is -1.10. The van der Waals surface area contributed by atoms with Gasteiger partial charge in [0.05, 0.1) is 19.8 Å². The first-order chi connectivity index (χ1) is 8.86. The summed E-state index contributed by atoms with van der Waals surface area (Å²) in [5.41, 5.74) is 5.12. The summed E-state index contributed by atoms with van der Waals surface area (Å²) in [5, 5.41) is 2.22. The number of hydrogen-bond donors (Lipinski definition) is 2. The van der Waals surface area contributed by atoms with E-state index in [0.717, 1.165) is 38.4 Å². The van der Waals surface area contributed by atoms with Gasteiger partial charge in [0.2, 0.25) is 0 Å². The minimum atomic E-state index is 0.612. The standard InChI is InChI=1S/C14H24N2O2/c1-2-13-3-5-14(6-4-13)18-12-11-17-10-9-16-8-7-15/h3-6,16H,2,7-12,15H2,1H3/p+2. The van der Waals surface area contributed by atoms with E-state index in [1.165, 1.54) is 5.56 Å². The minimum absolute atomic E-state index is 0.612. The van der Waals surface area contributed by atoms with Gasteiger partial charge in [-0.3, -0.25) is 0 Å². The summed E-state index contributed by atoms with van der Waals surface area (Å²) in [6.45, 7) is 7.23. The van der Waals surface area contributed by atoms with E-state index in [0.29, 0.717) is 13.2 Å². The van der Waals surface area contributed by atoms with Crippen molar-refractivity contribution in [3.63, 3.8) is 0 Å². The molecule has 5 N–H and O–H groups in total. The maximum atomic E-state index is 5.59. The van der Waals surface area contributed by atoms with Crippen LogP contribution in [0.15, 0.2) is 24.3 Å². The lowest BCUT2D eigenvalue weighted by molar-refractivity contribution is -0.671. The fraction of sp³-hybridized carbons (Fsp3) is 0.571. The molecule has 1 rings (SSSR count). The summed E-state index contributed by atoms with van der Waals surface area (Å²) in [6, 6.07) is 8.23. The smallest absolute Gasteiger partial charge is 0.125 e. The van der Waals surface area contributed by atoms with Crippen LogP contribution in [0.4, 0.5) is 0 Å². The van der Waals surface area contributed by atoms with Crippen molar-refractivity contribution in [1.82, 2.24) is 0 Å². The number of nitrogens with two attached hydrogens (primary N) is 1. The molecular weight excluding hydrogens is 228 g/mol. The molecule has 0 aliphatic heterocycles. The summed E-state index contributed by atoms with van der Waals surface area (Å²) in [6.07, 6.45) is 1.06. The Morgan fingerprint density at radius 2 is 1.83 bits per heavy atom. The Balaban J connectivity index is 2.00. The first-order valence-electron chi connectivity index (χ1n) is 6.77. The second kappa shape index (κ2) is 9.88. The average Bonchev–Trinajstić information content (AvgIpc) is 2.42. The quantitative estimate of drug-likeness (QED) is 0.550. The van der Waals surface area contributed by atoms with E-state index >= 15 is 0 Å². The van der Waals surface area contributed by atoms with Crippen molar-refractivity contribution in [3.8, 4) is 5.75 Å². The molecule has 0 aliphatic rings. The van der Waals surface area contributed by atoms with Gasteiger partial charge in [0.15, 0.2) is 0 Å². The van der Waals surface area contributed by atoms with Crippen LogP contribution in [0.1, 0.15) is 12.5 Å². The Labute approximate surface area is 109 Å². The Morgan fingerprint density at radius 3 is 2.50 bits per heavy atom. The Morgan fingerprint density at radius 1 is 1.06 bits per heavy atom. The number of rotatable bonds is 10. The third-order valence-corrected chi connectivity index (χ3v) is 2.70. The number of quaternary nitrogens is 2. The van der Waals surface area contributed by atoms with E-state index < -0.39 is 0 Å². The molecule has 0 aliphatic carbocycles. The normalized spacial score (nSPS) is 10.6. The van der Waals surface area contributed by atoms with Crippen LogP contribution in [0.5, 0.6) is 5.75 Å². The maximum absolute atomic E-state index is 5.59. The molecule has 0 spiro atoms. The topological polar surface area (TPSA) is 62.7 Å². The molecule has 0 saturated carbocycles. The number of aryl methyl sites for hydroxylation is 1. The molecule has 4 heteroatoms. The lowest BCUT2D eigenvalue weighted by atomic mass is 10.2. The van der Waals surface area contributed by atoms with Crippen LogP contribution in [0, 0.1) is 0 Å². The first-order valence-corrected chi connectivity index (χ1v) is 6.77. The van der Waals surface area contributed by atoms with Crippen molar-refractivity contribution in [1.29, 1.82) is 0 Å². The van der Waals surface area contributed by atoms with E-state index in [1.54, 1.807) is 0 Å². The van der Waals surface area contributed by atoms with E-state index in [4.69, 9.17) is 9.47 Å². The van der Waals surface area contributed by atoms with Crippen LogP contribution in [0.25, 0.3) is 0 Å². The lowest BCUT2D eigenvalue weighted by Gasteiger charge is -2.07. The van der Waals surface area contributed by atoms with Crippen LogP contribution in [0.3, 0.4) is 0 Å². The van der Waals surface area contributed by atoms with Crippen LogP contribution in [-0.4, -0.2) is 39.5 Å². The van der Waals surface area contributed by atoms with Crippen LogP contribution in [0.2, 0.25) is 0 Å². The third-order valence-electron chi connectivity index (χ3n) is 2.70. The second-order valence-electron chi connectivity index (χ2n) is 4.18. The maximum Gasteiger partial charge on any atom is 0.125 e. The lowest BCUT2D eigenvalue weighted by Crippen LogP contribution is -2.88. The van der Waals surface area contributed by atoms with Crippen LogP contribution < -0.4 is 15.8 Å². The predicted molar refractivity (Wildman–Crippen MR) is 71.5 cm³/mol. The fourth-order valence-corrected chi connectivity index (χ4v) is 1.60. The third kappa shape index (κ3) is 6.59. The van der Waals surface area contributed by atoms with Gasteiger partial charge in [-0.1, -0.05) is 19.1 Å². The number of benzene rings is 1. The van der Waals surface area contributed by atoms with Crippen molar-refractivity contribution in [2.75, 3.05) is 39.5 Å². The highest BCUT2D eigenvalue weighted by Gasteiger charge is 1.95. The Bertz CT molecular complexity index is 301. The van der Waals surface area contributed by atoms with Gasteiger partial charge >= 0.3 is 0 Å². The highest BCUT2D eigenvalue weighted by atomic mass is 16.5. The van der Waals surface area contributed by atoms with E-state index in [9.17, 15) is 0 Å². The van der Waals surface area contributed by atoms with Gasteiger partial charge in [-0.25, -0.2) is 0 Å². The molecule has 0 atom stereocenters. The zero-order valence-electron chi connectivity index (χ0n) is 11.4. The molecule has 1 aromatic rings. The highest BCUT2D eigenvalue weighted by Crippen LogP contribution is 2.12. The summed E-state index contributed by atoms with van der Waals surface area (Å²) < 4.78 is 11.1. The van der Waals surface area contributed by atoms with Crippen molar-refractivity contribution in [2.45, 2.75) is 13.3 Å². The number of ether oxygens (including phenoxy) is 2. The van der Waals surface area contributed by atoms with Crippen LogP contribution in [-0.2, 0) is 11.2 Å². The molecule has 18 heavy (non-hydrogen) atoms. The SMILES string of the molecule is CCc1ccc(OCCOCC[NH2+]CC[NH3+])cc1. The van der Waals surface area contributed by atoms with Gasteiger partial charge in [0.25, 0.3) is 0 Å². The summed E-state index contributed by atoms with van der Waals surface area (Å²) in [7, 11) is 0. The fourth-order valence-electron chi connectivity index (χ4n) is 1.60. The van der Waals surface area contributed by atoms with Gasteiger partial charge in [-0.2, -0.15) is 0 Å². The van der Waals surface area contributed by atoms with Crippen molar-refractivity contribution in [3.05, 3.63) is 29.8 Å². The predicted octanol–water partition coefficient (Wildman–Crippen LogP) is -0.550. The summed E-state index contributed by atoms with van der Waals surface area (Å²) >= 11 is 0. The Kier molecular flexibility index (Phi) is 8.21. The zero-order valence-corrected chi connectivity index (χ0v) is 11.4. The van der Waals surface area contributed by atoms with Crippen molar-refractivity contribution >= 4 is 0 Å². The molecule has 102 valence electrons. The van der Waals surface area contributed by atoms with Gasteiger partial charge in [0.1, 0.15) is 25.4 Å². The molecule has 0 radical (unpaired) electrons. The molecule has 0 unspecified atom stereocenters. The van der Waals surface area contributed by atoms with E-state index in [-0.39, 0.29) is 0 Å². The second-order valence-corrected chi connectivity index (χ2v) is 4.18. The number of hydrogen-bond acceptors (Lipinski definition) is 2. The summed E-state index contributed by atoms with van der Waals surface area (Å²) in [4.78, 5) is 0. The molecule has 0 amide bonds. The van der Waals surface area contributed by atoms with Gasteiger partial charge in [-0.15, -0.1) is 0 Å². The molecule has 0 aromatic heterocycles. The minimum Gasteiger partial charge on any atom is -0.491 e. The van der Waals surface area contributed by atoms with Crippen molar-refractivity contribution in [2.24, 2.45) is 0 Å². The molecule has 0 bridgehead atoms. The van der Waals surface area contributed by atoms with Crippen molar-refractivity contribution < 1.29 is 20.5 Å². The monoisotopic (exact) mass is 254 g/mol. The van der Waals surface area contributed by atoms with E-state index in [2.05, 4.69) is 30.1 Å². The summed E-state index contributed by atoms with van der Waals surface area (Å²) in [5.74, 6) is 0.916. The van der Waals surface area contributed by atoms with Crippen LogP contribution >= 0.6 is 0 Å². The van der Waals surface area contributed by atoms with E-state index in [1.807, 2.05) is 12.1 Å². The molecule has 0 fully saturated rings. The molecule has 0 heterocycles. The van der Waals surface area contributed by atoms with Gasteiger partial charge in [-0.05, 0) is 24.1 Å². The largest absolute Gasteiger partial charge is 0.491 e. The average molecular weight is 254 g/mol. The highest BCUT2D eigenvalue weighted by molar-refractivity contribution is 5.27. The molecule has 0 saturated heterocycles. The van der Waals surface area contributed by atoms with Gasteiger partial charge < -0.3 is 20.5 Å². The van der Waals surface area contributed by atoms with Gasteiger partial charge in [0, 0.05) is 0 Å².